The van der Waals surface area contributed by atoms with Crippen LogP contribution in [0.5, 0.6) is 0 Å². The first kappa shape index (κ1) is 12.5. The van der Waals surface area contributed by atoms with Gasteiger partial charge in [0.2, 0.25) is 0 Å². The fourth-order valence-corrected chi connectivity index (χ4v) is 2.21. The number of rotatable bonds is 5. The fourth-order valence-electron chi connectivity index (χ4n) is 2.21. The van der Waals surface area contributed by atoms with E-state index in [0.29, 0.717) is 5.92 Å². The van der Waals surface area contributed by atoms with Crippen LogP contribution in [0.2, 0.25) is 0 Å². The summed E-state index contributed by atoms with van der Waals surface area (Å²) in [6.45, 7) is 10.8. The van der Waals surface area contributed by atoms with Crippen molar-refractivity contribution in [2.75, 3.05) is 13.1 Å². The number of carboxylic acid groups (broad SMARTS) is 1. The molecular formula is C12H23NO2. The van der Waals surface area contributed by atoms with Gasteiger partial charge in [-0.2, -0.15) is 0 Å². The average molecular weight is 213 g/mol. The maximum Gasteiger partial charge on any atom is 0.304 e. The molecule has 0 aromatic rings. The maximum atomic E-state index is 10.7. The minimum atomic E-state index is -0.679. The maximum absolute atomic E-state index is 10.7. The van der Waals surface area contributed by atoms with E-state index in [1.807, 2.05) is 0 Å². The Morgan fingerprint density at radius 2 is 1.87 bits per heavy atom. The first-order chi connectivity index (χ1) is 6.91. The quantitative estimate of drug-likeness (QED) is 0.760. The molecule has 1 aliphatic heterocycles. The number of nitrogens with zero attached hydrogens (tertiary/aromatic N) is 1. The van der Waals surface area contributed by atoms with Gasteiger partial charge in [-0.1, -0.05) is 27.7 Å². The molecule has 0 amide bonds. The number of carbonyl (C=O) groups is 1. The summed E-state index contributed by atoms with van der Waals surface area (Å²) in [5, 5.41) is 8.85. The summed E-state index contributed by atoms with van der Waals surface area (Å²) < 4.78 is 0. The van der Waals surface area contributed by atoms with Crippen LogP contribution in [0.1, 0.15) is 34.1 Å². The molecule has 0 aliphatic carbocycles. The SMILES string of the molecule is CC(C)C1CN(C(CC(=O)O)C(C)C)C1. The lowest BCUT2D eigenvalue weighted by molar-refractivity contribution is -0.140. The second kappa shape index (κ2) is 4.97. The van der Waals surface area contributed by atoms with Crippen molar-refractivity contribution in [2.45, 2.75) is 40.2 Å². The molecule has 1 aliphatic rings. The van der Waals surface area contributed by atoms with E-state index in [0.717, 1.165) is 24.9 Å². The largest absolute Gasteiger partial charge is 0.481 e. The molecule has 0 bridgehead atoms. The van der Waals surface area contributed by atoms with Gasteiger partial charge in [0.25, 0.3) is 0 Å². The lowest BCUT2D eigenvalue weighted by Gasteiger charge is -2.47. The van der Waals surface area contributed by atoms with Gasteiger partial charge in [0.15, 0.2) is 0 Å². The number of carboxylic acids is 1. The van der Waals surface area contributed by atoms with Crippen LogP contribution in [0.3, 0.4) is 0 Å². The Hall–Kier alpha value is -0.570. The Labute approximate surface area is 92.5 Å². The summed E-state index contributed by atoms with van der Waals surface area (Å²) in [5.41, 5.74) is 0. The number of hydrogen-bond acceptors (Lipinski definition) is 2. The molecule has 15 heavy (non-hydrogen) atoms. The Kier molecular flexibility index (Phi) is 4.14. The van der Waals surface area contributed by atoms with Gasteiger partial charge >= 0.3 is 5.97 Å². The van der Waals surface area contributed by atoms with Crippen LogP contribution in [-0.4, -0.2) is 35.1 Å². The van der Waals surface area contributed by atoms with Crippen molar-refractivity contribution >= 4 is 5.97 Å². The minimum absolute atomic E-state index is 0.220. The van der Waals surface area contributed by atoms with Gasteiger partial charge in [-0.25, -0.2) is 0 Å². The van der Waals surface area contributed by atoms with E-state index >= 15 is 0 Å². The molecule has 88 valence electrons. The zero-order chi connectivity index (χ0) is 11.6. The van der Waals surface area contributed by atoms with Gasteiger partial charge in [-0.15, -0.1) is 0 Å². The first-order valence-corrected chi connectivity index (χ1v) is 5.87. The zero-order valence-corrected chi connectivity index (χ0v) is 10.2. The molecule has 0 aromatic carbocycles. The van der Waals surface area contributed by atoms with E-state index in [1.54, 1.807) is 0 Å². The molecule has 0 saturated carbocycles. The van der Waals surface area contributed by atoms with Crippen molar-refractivity contribution < 1.29 is 9.90 Å². The summed E-state index contributed by atoms with van der Waals surface area (Å²) in [5.74, 6) is 1.23. The van der Waals surface area contributed by atoms with E-state index in [9.17, 15) is 4.79 Å². The standard InChI is InChI=1S/C12H23NO2/c1-8(2)10-6-13(7-10)11(9(3)4)5-12(14)15/h8-11H,5-7H2,1-4H3,(H,14,15). The van der Waals surface area contributed by atoms with E-state index in [2.05, 4.69) is 32.6 Å². The molecule has 1 heterocycles. The number of likely N-dealkylation sites (tertiary alicyclic amines) is 1. The van der Waals surface area contributed by atoms with Gasteiger partial charge in [0.1, 0.15) is 0 Å². The molecule has 1 saturated heterocycles. The Bertz CT molecular complexity index is 220. The Morgan fingerprint density at radius 3 is 2.20 bits per heavy atom. The molecule has 3 heteroatoms. The Balaban J connectivity index is 2.43. The smallest absolute Gasteiger partial charge is 0.304 e. The first-order valence-electron chi connectivity index (χ1n) is 5.87. The third-order valence-electron chi connectivity index (χ3n) is 3.50. The molecule has 0 radical (unpaired) electrons. The van der Waals surface area contributed by atoms with Crippen LogP contribution in [0.15, 0.2) is 0 Å². The average Bonchev–Trinajstić information content (AvgIpc) is 1.97. The molecule has 1 unspecified atom stereocenters. The highest BCUT2D eigenvalue weighted by atomic mass is 16.4. The highest BCUT2D eigenvalue weighted by Crippen LogP contribution is 2.29. The van der Waals surface area contributed by atoms with Gasteiger partial charge in [-0.05, 0) is 17.8 Å². The molecule has 0 aromatic heterocycles. The highest BCUT2D eigenvalue weighted by Gasteiger charge is 2.35. The van der Waals surface area contributed by atoms with E-state index in [4.69, 9.17) is 5.11 Å². The van der Waals surface area contributed by atoms with Crippen molar-refractivity contribution in [3.05, 3.63) is 0 Å². The molecule has 1 fully saturated rings. The van der Waals surface area contributed by atoms with Crippen molar-refractivity contribution in [2.24, 2.45) is 17.8 Å². The Morgan fingerprint density at radius 1 is 1.33 bits per heavy atom. The van der Waals surface area contributed by atoms with E-state index in [1.165, 1.54) is 0 Å². The minimum Gasteiger partial charge on any atom is -0.481 e. The van der Waals surface area contributed by atoms with Crippen molar-refractivity contribution in [3.63, 3.8) is 0 Å². The van der Waals surface area contributed by atoms with Gasteiger partial charge in [0.05, 0.1) is 6.42 Å². The van der Waals surface area contributed by atoms with Crippen molar-refractivity contribution in [1.29, 1.82) is 0 Å². The van der Waals surface area contributed by atoms with Crippen LogP contribution in [0, 0.1) is 17.8 Å². The molecule has 1 N–H and O–H groups in total. The summed E-state index contributed by atoms with van der Waals surface area (Å²) in [6, 6.07) is 0.220. The van der Waals surface area contributed by atoms with Gasteiger partial charge in [0, 0.05) is 19.1 Å². The normalized spacial score (nSPS) is 20.7. The zero-order valence-electron chi connectivity index (χ0n) is 10.2. The fraction of sp³-hybridized carbons (Fsp3) is 0.917. The van der Waals surface area contributed by atoms with Gasteiger partial charge < -0.3 is 5.11 Å². The molecule has 0 spiro atoms. The topological polar surface area (TPSA) is 40.5 Å². The summed E-state index contributed by atoms with van der Waals surface area (Å²) >= 11 is 0. The lowest BCUT2D eigenvalue weighted by Crippen LogP contribution is -2.55. The van der Waals surface area contributed by atoms with Crippen LogP contribution in [-0.2, 0) is 4.79 Å². The summed E-state index contributed by atoms with van der Waals surface area (Å²) in [4.78, 5) is 13.1. The van der Waals surface area contributed by atoms with Crippen LogP contribution >= 0.6 is 0 Å². The molecule has 1 atom stereocenters. The van der Waals surface area contributed by atoms with Crippen LogP contribution in [0.25, 0.3) is 0 Å². The lowest BCUT2D eigenvalue weighted by atomic mass is 9.84. The molecule has 3 nitrogen and oxygen atoms in total. The molecule has 1 rings (SSSR count). The second-order valence-electron chi connectivity index (χ2n) is 5.37. The van der Waals surface area contributed by atoms with E-state index in [-0.39, 0.29) is 12.5 Å². The monoisotopic (exact) mass is 213 g/mol. The predicted molar refractivity (Wildman–Crippen MR) is 60.8 cm³/mol. The van der Waals surface area contributed by atoms with Crippen molar-refractivity contribution in [1.82, 2.24) is 4.90 Å². The predicted octanol–water partition coefficient (Wildman–Crippen LogP) is 2.07. The third kappa shape index (κ3) is 3.20. The third-order valence-corrected chi connectivity index (χ3v) is 3.50. The summed E-state index contributed by atoms with van der Waals surface area (Å²) in [6.07, 6.45) is 0.280. The van der Waals surface area contributed by atoms with Crippen molar-refractivity contribution in [3.8, 4) is 0 Å². The van der Waals surface area contributed by atoms with Crippen LogP contribution in [0.4, 0.5) is 0 Å². The van der Waals surface area contributed by atoms with Crippen LogP contribution < -0.4 is 0 Å². The second-order valence-corrected chi connectivity index (χ2v) is 5.37. The highest BCUT2D eigenvalue weighted by molar-refractivity contribution is 5.67. The molecular weight excluding hydrogens is 190 g/mol. The van der Waals surface area contributed by atoms with E-state index < -0.39 is 5.97 Å². The number of aliphatic carboxylic acids is 1. The number of hydrogen-bond donors (Lipinski definition) is 1. The van der Waals surface area contributed by atoms with Gasteiger partial charge in [-0.3, -0.25) is 9.69 Å². The summed E-state index contributed by atoms with van der Waals surface area (Å²) in [7, 11) is 0.